The molecule has 0 aromatic heterocycles. The molecule has 1 heterocycles. The van der Waals surface area contributed by atoms with Gasteiger partial charge in [0.1, 0.15) is 11.9 Å². The second kappa shape index (κ2) is 5.32. The van der Waals surface area contributed by atoms with Crippen molar-refractivity contribution in [1.29, 1.82) is 0 Å². The number of nitrogens with two attached hydrogens (primary N) is 1. The first-order chi connectivity index (χ1) is 7.79. The highest BCUT2D eigenvalue weighted by molar-refractivity contribution is 5.37. The second-order valence-corrected chi connectivity index (χ2v) is 4.34. The highest BCUT2D eigenvalue weighted by atomic mass is 16.5. The standard InChI is InChI=1S/C13H19NO2/c1-15-9-11(14)6-7-12-8-10-4-2-3-5-13(10)16-12/h2-5,11-12H,6-9,14H2,1H3. The summed E-state index contributed by atoms with van der Waals surface area (Å²) in [7, 11) is 1.68. The minimum atomic E-state index is 0.123. The van der Waals surface area contributed by atoms with Crippen molar-refractivity contribution in [1.82, 2.24) is 0 Å². The van der Waals surface area contributed by atoms with E-state index >= 15 is 0 Å². The van der Waals surface area contributed by atoms with Gasteiger partial charge in [0, 0.05) is 19.6 Å². The smallest absolute Gasteiger partial charge is 0.123 e. The average molecular weight is 221 g/mol. The van der Waals surface area contributed by atoms with Crippen molar-refractivity contribution in [3.8, 4) is 5.75 Å². The van der Waals surface area contributed by atoms with E-state index in [2.05, 4.69) is 12.1 Å². The first kappa shape index (κ1) is 11.4. The number of benzene rings is 1. The van der Waals surface area contributed by atoms with E-state index in [0.29, 0.717) is 12.7 Å². The molecule has 0 saturated heterocycles. The number of fused-ring (bicyclic) bond motifs is 1. The van der Waals surface area contributed by atoms with Crippen LogP contribution < -0.4 is 10.5 Å². The maximum Gasteiger partial charge on any atom is 0.123 e. The van der Waals surface area contributed by atoms with E-state index in [-0.39, 0.29) is 6.04 Å². The Bertz CT molecular complexity index is 315. The molecule has 0 spiro atoms. The fraction of sp³-hybridized carbons (Fsp3) is 0.538. The lowest BCUT2D eigenvalue weighted by Crippen LogP contribution is -2.27. The van der Waals surface area contributed by atoms with E-state index < -0.39 is 0 Å². The van der Waals surface area contributed by atoms with E-state index in [1.807, 2.05) is 12.1 Å². The molecule has 3 nitrogen and oxygen atoms in total. The van der Waals surface area contributed by atoms with Crippen LogP contribution in [0.4, 0.5) is 0 Å². The fourth-order valence-corrected chi connectivity index (χ4v) is 2.11. The predicted octanol–water partition coefficient (Wildman–Crippen LogP) is 1.74. The Hall–Kier alpha value is -1.06. The summed E-state index contributed by atoms with van der Waals surface area (Å²) in [6, 6.07) is 8.35. The Morgan fingerprint density at radius 2 is 2.31 bits per heavy atom. The van der Waals surface area contributed by atoms with Gasteiger partial charge in [-0.3, -0.25) is 0 Å². The van der Waals surface area contributed by atoms with Crippen molar-refractivity contribution in [3.05, 3.63) is 29.8 Å². The summed E-state index contributed by atoms with van der Waals surface area (Å²) in [5, 5.41) is 0. The maximum absolute atomic E-state index is 5.89. The Balaban J connectivity index is 1.79. The Kier molecular flexibility index (Phi) is 3.80. The maximum atomic E-state index is 5.89. The van der Waals surface area contributed by atoms with E-state index in [0.717, 1.165) is 25.0 Å². The molecule has 1 aliphatic rings. The molecule has 0 radical (unpaired) electrons. The molecule has 2 atom stereocenters. The summed E-state index contributed by atoms with van der Waals surface area (Å²) >= 11 is 0. The number of rotatable bonds is 5. The van der Waals surface area contributed by atoms with Crippen LogP contribution in [-0.4, -0.2) is 25.9 Å². The lowest BCUT2D eigenvalue weighted by atomic mass is 10.0. The molecule has 0 fully saturated rings. The zero-order chi connectivity index (χ0) is 11.4. The normalized spacial score (nSPS) is 20.2. The second-order valence-electron chi connectivity index (χ2n) is 4.34. The summed E-state index contributed by atoms with van der Waals surface area (Å²) in [5.41, 5.74) is 7.20. The van der Waals surface area contributed by atoms with E-state index in [1.54, 1.807) is 7.11 Å². The first-order valence-electron chi connectivity index (χ1n) is 5.78. The van der Waals surface area contributed by atoms with Gasteiger partial charge in [-0.1, -0.05) is 18.2 Å². The lowest BCUT2D eigenvalue weighted by molar-refractivity contribution is 0.162. The largest absolute Gasteiger partial charge is 0.490 e. The van der Waals surface area contributed by atoms with Crippen molar-refractivity contribution in [3.63, 3.8) is 0 Å². The van der Waals surface area contributed by atoms with Gasteiger partial charge in [0.05, 0.1) is 6.61 Å². The van der Waals surface area contributed by atoms with Crippen LogP contribution in [0.1, 0.15) is 18.4 Å². The Morgan fingerprint density at radius 1 is 1.50 bits per heavy atom. The van der Waals surface area contributed by atoms with Crippen molar-refractivity contribution in [2.75, 3.05) is 13.7 Å². The van der Waals surface area contributed by atoms with Crippen molar-refractivity contribution in [2.24, 2.45) is 5.73 Å². The summed E-state index contributed by atoms with van der Waals surface area (Å²) in [4.78, 5) is 0. The quantitative estimate of drug-likeness (QED) is 0.823. The minimum Gasteiger partial charge on any atom is -0.490 e. The van der Waals surface area contributed by atoms with Gasteiger partial charge < -0.3 is 15.2 Å². The number of methoxy groups -OCH3 is 1. The first-order valence-corrected chi connectivity index (χ1v) is 5.78. The van der Waals surface area contributed by atoms with Crippen LogP contribution in [0.2, 0.25) is 0 Å². The number of ether oxygens (including phenoxy) is 2. The molecule has 88 valence electrons. The SMILES string of the molecule is COCC(N)CCC1Cc2ccccc2O1. The van der Waals surface area contributed by atoms with Gasteiger partial charge in [0.2, 0.25) is 0 Å². The molecule has 0 amide bonds. The van der Waals surface area contributed by atoms with E-state index in [4.69, 9.17) is 15.2 Å². The van der Waals surface area contributed by atoms with Crippen LogP contribution in [0, 0.1) is 0 Å². The van der Waals surface area contributed by atoms with Crippen LogP contribution in [-0.2, 0) is 11.2 Å². The van der Waals surface area contributed by atoms with Gasteiger partial charge in [0.15, 0.2) is 0 Å². The van der Waals surface area contributed by atoms with E-state index in [1.165, 1.54) is 5.56 Å². The van der Waals surface area contributed by atoms with Gasteiger partial charge in [-0.15, -0.1) is 0 Å². The van der Waals surface area contributed by atoms with Gasteiger partial charge in [-0.05, 0) is 24.5 Å². The van der Waals surface area contributed by atoms with Crippen LogP contribution in [0.15, 0.2) is 24.3 Å². The van der Waals surface area contributed by atoms with Gasteiger partial charge in [0.25, 0.3) is 0 Å². The van der Waals surface area contributed by atoms with Crippen LogP contribution in [0.25, 0.3) is 0 Å². The van der Waals surface area contributed by atoms with Crippen LogP contribution in [0.5, 0.6) is 5.75 Å². The molecule has 2 N–H and O–H groups in total. The van der Waals surface area contributed by atoms with Crippen LogP contribution in [0.3, 0.4) is 0 Å². The molecular weight excluding hydrogens is 202 g/mol. The van der Waals surface area contributed by atoms with Gasteiger partial charge in [-0.2, -0.15) is 0 Å². The predicted molar refractivity (Wildman–Crippen MR) is 63.6 cm³/mol. The number of hydrogen-bond acceptors (Lipinski definition) is 3. The topological polar surface area (TPSA) is 44.5 Å². The van der Waals surface area contributed by atoms with Crippen LogP contribution >= 0.6 is 0 Å². The molecular formula is C13H19NO2. The zero-order valence-electron chi connectivity index (χ0n) is 9.69. The highest BCUT2D eigenvalue weighted by Crippen LogP contribution is 2.29. The van der Waals surface area contributed by atoms with Crippen molar-refractivity contribution in [2.45, 2.75) is 31.4 Å². The molecule has 2 rings (SSSR count). The third kappa shape index (κ3) is 2.74. The average Bonchev–Trinajstić information content (AvgIpc) is 2.69. The zero-order valence-corrected chi connectivity index (χ0v) is 9.69. The van der Waals surface area contributed by atoms with Gasteiger partial charge >= 0.3 is 0 Å². The molecule has 0 bridgehead atoms. The van der Waals surface area contributed by atoms with Crippen molar-refractivity contribution < 1.29 is 9.47 Å². The third-order valence-electron chi connectivity index (χ3n) is 2.95. The summed E-state index contributed by atoms with van der Waals surface area (Å²) in [6.07, 6.45) is 3.25. The molecule has 0 aliphatic carbocycles. The molecule has 1 aromatic carbocycles. The highest BCUT2D eigenvalue weighted by Gasteiger charge is 2.22. The number of hydrogen-bond donors (Lipinski definition) is 1. The van der Waals surface area contributed by atoms with Crippen molar-refractivity contribution >= 4 is 0 Å². The molecule has 1 aliphatic heterocycles. The summed E-state index contributed by atoms with van der Waals surface area (Å²) in [5.74, 6) is 1.04. The molecule has 3 heteroatoms. The van der Waals surface area contributed by atoms with Gasteiger partial charge in [-0.25, -0.2) is 0 Å². The Labute approximate surface area is 96.5 Å². The third-order valence-corrected chi connectivity index (χ3v) is 2.95. The van der Waals surface area contributed by atoms with E-state index in [9.17, 15) is 0 Å². The molecule has 0 saturated carbocycles. The fourth-order valence-electron chi connectivity index (χ4n) is 2.11. The molecule has 1 aromatic rings. The minimum absolute atomic E-state index is 0.123. The Morgan fingerprint density at radius 3 is 3.06 bits per heavy atom. The number of para-hydroxylation sites is 1. The summed E-state index contributed by atoms with van der Waals surface area (Å²) < 4.78 is 10.9. The molecule has 2 unspecified atom stereocenters. The molecule has 16 heavy (non-hydrogen) atoms. The lowest BCUT2D eigenvalue weighted by Gasteiger charge is -2.14. The summed E-state index contributed by atoms with van der Waals surface area (Å²) in [6.45, 7) is 0.625. The monoisotopic (exact) mass is 221 g/mol.